The number of furan rings is 1. The van der Waals surface area contributed by atoms with Gasteiger partial charge in [0.1, 0.15) is 5.58 Å². The molecular weight excluding hydrogens is 340 g/mol. The Balaban J connectivity index is 1.72. The minimum absolute atomic E-state index is 0.177. The first kappa shape index (κ1) is 18.2. The van der Waals surface area contributed by atoms with Crippen LogP contribution in [-0.2, 0) is 4.74 Å². The second-order valence-electron chi connectivity index (χ2n) is 6.87. The minimum Gasteiger partial charge on any atom is -0.451 e. The lowest BCUT2D eigenvalue weighted by Crippen LogP contribution is -2.51. The third-order valence-corrected chi connectivity index (χ3v) is 5.10. The van der Waals surface area contributed by atoms with Gasteiger partial charge in [-0.25, -0.2) is 0 Å². The molecule has 25 heavy (non-hydrogen) atoms. The van der Waals surface area contributed by atoms with E-state index in [4.69, 9.17) is 20.8 Å². The SMILES string of the molecule is Cc1c(C(=O)NCC(C(C)C)N2CCOCC2)oc2ccc(Cl)cc12. The van der Waals surface area contributed by atoms with Crippen molar-refractivity contribution in [3.05, 3.63) is 34.5 Å². The second-order valence-corrected chi connectivity index (χ2v) is 7.30. The maximum Gasteiger partial charge on any atom is 0.287 e. The van der Waals surface area contributed by atoms with Crippen LogP contribution in [0, 0.1) is 12.8 Å². The highest BCUT2D eigenvalue weighted by atomic mass is 35.5. The molecule has 1 amide bonds. The summed E-state index contributed by atoms with van der Waals surface area (Å²) in [7, 11) is 0. The quantitative estimate of drug-likeness (QED) is 0.882. The molecule has 6 heteroatoms. The fourth-order valence-electron chi connectivity index (χ4n) is 3.38. The molecular formula is C19H25ClN2O3. The van der Waals surface area contributed by atoms with Crippen LogP contribution < -0.4 is 5.32 Å². The van der Waals surface area contributed by atoms with Crippen molar-refractivity contribution in [2.24, 2.45) is 5.92 Å². The van der Waals surface area contributed by atoms with E-state index < -0.39 is 0 Å². The molecule has 0 saturated carbocycles. The van der Waals surface area contributed by atoms with Crippen molar-refractivity contribution in [2.45, 2.75) is 26.8 Å². The van der Waals surface area contributed by atoms with Crippen LogP contribution in [0.2, 0.25) is 5.02 Å². The molecule has 0 spiro atoms. The number of ether oxygens (including phenoxy) is 1. The summed E-state index contributed by atoms with van der Waals surface area (Å²) in [5, 5.41) is 4.56. The van der Waals surface area contributed by atoms with E-state index in [0.29, 0.717) is 28.8 Å². The molecule has 1 atom stereocenters. The van der Waals surface area contributed by atoms with Gasteiger partial charge in [-0.15, -0.1) is 0 Å². The van der Waals surface area contributed by atoms with Crippen LogP contribution in [0.4, 0.5) is 0 Å². The average Bonchev–Trinajstić information content (AvgIpc) is 2.92. The fourth-order valence-corrected chi connectivity index (χ4v) is 3.55. The monoisotopic (exact) mass is 364 g/mol. The third-order valence-electron chi connectivity index (χ3n) is 4.86. The highest BCUT2D eigenvalue weighted by molar-refractivity contribution is 6.31. The second kappa shape index (κ2) is 7.77. The zero-order valence-electron chi connectivity index (χ0n) is 15.0. The molecule has 1 aromatic carbocycles. The number of hydrogen-bond donors (Lipinski definition) is 1. The summed E-state index contributed by atoms with van der Waals surface area (Å²) >= 11 is 6.05. The molecule has 1 N–H and O–H groups in total. The molecule has 5 nitrogen and oxygen atoms in total. The zero-order chi connectivity index (χ0) is 18.0. The molecule has 1 saturated heterocycles. The van der Waals surface area contributed by atoms with Crippen molar-refractivity contribution in [2.75, 3.05) is 32.8 Å². The maximum absolute atomic E-state index is 12.6. The smallest absolute Gasteiger partial charge is 0.287 e. The number of carbonyl (C=O) groups excluding carboxylic acids is 1. The Morgan fingerprint density at radius 2 is 2.04 bits per heavy atom. The van der Waals surface area contributed by atoms with Crippen LogP contribution >= 0.6 is 11.6 Å². The maximum atomic E-state index is 12.6. The van der Waals surface area contributed by atoms with Crippen molar-refractivity contribution >= 4 is 28.5 Å². The first-order valence-electron chi connectivity index (χ1n) is 8.76. The van der Waals surface area contributed by atoms with E-state index >= 15 is 0 Å². The standard InChI is InChI=1S/C19H25ClN2O3/c1-12(2)16(22-6-8-24-9-7-22)11-21-19(23)18-13(3)15-10-14(20)4-5-17(15)25-18/h4-5,10,12,16H,6-9,11H2,1-3H3,(H,21,23). The van der Waals surface area contributed by atoms with Crippen molar-refractivity contribution in [1.29, 1.82) is 0 Å². The normalized spacial score (nSPS) is 17.2. The largest absolute Gasteiger partial charge is 0.451 e. The van der Waals surface area contributed by atoms with Gasteiger partial charge in [-0.1, -0.05) is 25.4 Å². The highest BCUT2D eigenvalue weighted by Crippen LogP contribution is 2.27. The van der Waals surface area contributed by atoms with Crippen LogP contribution in [0.1, 0.15) is 30.0 Å². The van der Waals surface area contributed by atoms with Crippen LogP contribution in [0.3, 0.4) is 0 Å². The summed E-state index contributed by atoms with van der Waals surface area (Å²) in [6, 6.07) is 5.68. The zero-order valence-corrected chi connectivity index (χ0v) is 15.7. The topological polar surface area (TPSA) is 54.7 Å². The number of amides is 1. The Kier molecular flexibility index (Phi) is 5.67. The van der Waals surface area contributed by atoms with Crippen LogP contribution in [0.25, 0.3) is 11.0 Å². The molecule has 1 aliphatic rings. The molecule has 0 radical (unpaired) electrons. The molecule has 1 aliphatic heterocycles. The Labute approximate surface area is 153 Å². The van der Waals surface area contributed by atoms with Gasteiger partial charge in [0.05, 0.1) is 13.2 Å². The summed E-state index contributed by atoms with van der Waals surface area (Å²) in [5.74, 6) is 0.624. The van der Waals surface area contributed by atoms with E-state index in [0.717, 1.165) is 37.3 Å². The van der Waals surface area contributed by atoms with Gasteiger partial charge in [-0.3, -0.25) is 9.69 Å². The van der Waals surface area contributed by atoms with Crippen LogP contribution in [-0.4, -0.2) is 49.7 Å². The predicted molar refractivity (Wildman–Crippen MR) is 99.3 cm³/mol. The predicted octanol–water partition coefficient (Wildman–Crippen LogP) is 3.48. The number of halogens is 1. The molecule has 1 fully saturated rings. The summed E-state index contributed by atoms with van der Waals surface area (Å²) in [5.41, 5.74) is 1.50. The van der Waals surface area contributed by atoms with Gasteiger partial charge in [0.2, 0.25) is 0 Å². The van der Waals surface area contributed by atoms with E-state index in [9.17, 15) is 4.79 Å². The molecule has 2 aromatic rings. The number of fused-ring (bicyclic) bond motifs is 1. The molecule has 2 heterocycles. The van der Waals surface area contributed by atoms with E-state index in [1.54, 1.807) is 12.1 Å². The number of carbonyl (C=O) groups is 1. The number of morpholine rings is 1. The van der Waals surface area contributed by atoms with Gasteiger partial charge in [-0.05, 0) is 31.0 Å². The summed E-state index contributed by atoms with van der Waals surface area (Å²) < 4.78 is 11.2. The van der Waals surface area contributed by atoms with E-state index in [-0.39, 0.29) is 11.9 Å². The lowest BCUT2D eigenvalue weighted by atomic mass is 10.0. The van der Waals surface area contributed by atoms with Gasteiger partial charge in [0.15, 0.2) is 5.76 Å². The van der Waals surface area contributed by atoms with Crippen LogP contribution in [0.15, 0.2) is 22.6 Å². The Bertz CT molecular complexity index is 750. The fraction of sp³-hybridized carbons (Fsp3) is 0.526. The summed E-state index contributed by atoms with van der Waals surface area (Å²) in [6.07, 6.45) is 0. The molecule has 0 bridgehead atoms. The van der Waals surface area contributed by atoms with Crippen molar-refractivity contribution in [3.63, 3.8) is 0 Å². The summed E-state index contributed by atoms with van der Waals surface area (Å²) in [4.78, 5) is 15.0. The Morgan fingerprint density at radius 3 is 2.72 bits per heavy atom. The molecule has 3 rings (SSSR count). The molecule has 1 aromatic heterocycles. The van der Waals surface area contributed by atoms with E-state index in [1.807, 2.05) is 13.0 Å². The number of rotatable bonds is 5. The number of nitrogens with zero attached hydrogens (tertiary/aromatic N) is 1. The first-order valence-corrected chi connectivity index (χ1v) is 9.14. The Hall–Kier alpha value is -1.56. The van der Waals surface area contributed by atoms with Gasteiger partial charge in [-0.2, -0.15) is 0 Å². The van der Waals surface area contributed by atoms with Crippen LogP contribution in [0.5, 0.6) is 0 Å². The minimum atomic E-state index is -0.177. The van der Waals surface area contributed by atoms with Gasteiger partial charge in [0, 0.05) is 41.6 Å². The number of hydrogen-bond acceptors (Lipinski definition) is 4. The summed E-state index contributed by atoms with van der Waals surface area (Å²) in [6.45, 7) is 10.1. The first-order chi connectivity index (χ1) is 12.0. The highest BCUT2D eigenvalue weighted by Gasteiger charge is 2.25. The van der Waals surface area contributed by atoms with Crippen molar-refractivity contribution < 1.29 is 13.9 Å². The Morgan fingerprint density at radius 1 is 1.32 bits per heavy atom. The van der Waals surface area contributed by atoms with Crippen molar-refractivity contribution in [3.8, 4) is 0 Å². The van der Waals surface area contributed by atoms with E-state index in [1.165, 1.54) is 0 Å². The molecule has 0 aliphatic carbocycles. The number of nitrogens with one attached hydrogen (secondary N) is 1. The van der Waals surface area contributed by atoms with Gasteiger partial charge >= 0.3 is 0 Å². The number of aryl methyl sites for hydroxylation is 1. The van der Waals surface area contributed by atoms with Crippen molar-refractivity contribution in [1.82, 2.24) is 10.2 Å². The third kappa shape index (κ3) is 4.00. The van der Waals surface area contributed by atoms with Gasteiger partial charge in [0.25, 0.3) is 5.91 Å². The van der Waals surface area contributed by atoms with Gasteiger partial charge < -0.3 is 14.5 Å². The molecule has 136 valence electrons. The lowest BCUT2D eigenvalue weighted by Gasteiger charge is -2.36. The average molecular weight is 365 g/mol. The molecule has 1 unspecified atom stereocenters. The van der Waals surface area contributed by atoms with E-state index in [2.05, 4.69) is 24.1 Å². The lowest BCUT2D eigenvalue weighted by molar-refractivity contribution is 0.00666. The number of benzene rings is 1.